The third-order valence-corrected chi connectivity index (χ3v) is 2.92. The zero-order valence-corrected chi connectivity index (χ0v) is 11.8. The molecule has 20 heavy (non-hydrogen) atoms. The molecule has 0 aliphatic rings. The van der Waals surface area contributed by atoms with Crippen LogP contribution < -0.4 is 10.1 Å². The molecule has 1 heterocycles. The van der Waals surface area contributed by atoms with Crippen molar-refractivity contribution in [2.24, 2.45) is 0 Å². The molecule has 0 atom stereocenters. The second-order valence-electron chi connectivity index (χ2n) is 3.70. The molecule has 8 heteroatoms. The van der Waals surface area contributed by atoms with E-state index in [-0.39, 0.29) is 11.7 Å². The summed E-state index contributed by atoms with van der Waals surface area (Å²) in [6, 6.07) is 8.06. The summed E-state index contributed by atoms with van der Waals surface area (Å²) >= 11 is 3.24. The summed E-state index contributed by atoms with van der Waals surface area (Å²) in [5.74, 6) is -1.06. The van der Waals surface area contributed by atoms with Crippen LogP contribution in [0.15, 0.2) is 34.8 Å². The molecule has 2 rings (SSSR count). The van der Waals surface area contributed by atoms with Gasteiger partial charge in [0.1, 0.15) is 11.6 Å². The lowest BCUT2D eigenvalue weighted by atomic mass is 10.3. The van der Waals surface area contributed by atoms with Crippen molar-refractivity contribution in [2.45, 2.75) is 6.18 Å². The number of nitrogens with one attached hydrogen (secondary N) is 1. The smallest absolute Gasteiger partial charge is 0.438 e. The van der Waals surface area contributed by atoms with E-state index in [4.69, 9.17) is 4.74 Å². The number of halogens is 4. The molecule has 0 bridgehead atoms. The average Bonchev–Trinajstić information content (AvgIpc) is 2.40. The van der Waals surface area contributed by atoms with Crippen molar-refractivity contribution in [1.82, 2.24) is 9.97 Å². The monoisotopic (exact) mass is 347 g/mol. The molecule has 0 unspecified atom stereocenters. The highest BCUT2D eigenvalue weighted by atomic mass is 79.9. The Labute approximate surface area is 121 Å². The minimum Gasteiger partial charge on any atom is -0.438 e. The van der Waals surface area contributed by atoms with Gasteiger partial charge < -0.3 is 10.1 Å². The van der Waals surface area contributed by atoms with Gasteiger partial charge in [0.25, 0.3) is 0 Å². The number of nitrogens with zero attached hydrogens (tertiary/aromatic N) is 2. The highest BCUT2D eigenvalue weighted by molar-refractivity contribution is 9.10. The Morgan fingerprint density at radius 3 is 2.50 bits per heavy atom. The van der Waals surface area contributed by atoms with Crippen LogP contribution in [0.3, 0.4) is 0 Å². The van der Waals surface area contributed by atoms with Crippen LogP contribution >= 0.6 is 15.9 Å². The van der Waals surface area contributed by atoms with Gasteiger partial charge in [0.05, 0.1) is 4.47 Å². The first-order valence-electron chi connectivity index (χ1n) is 5.46. The van der Waals surface area contributed by atoms with Crippen LogP contribution in [-0.2, 0) is 6.18 Å². The summed E-state index contributed by atoms with van der Waals surface area (Å²) in [5.41, 5.74) is 0. The minimum atomic E-state index is -4.64. The van der Waals surface area contributed by atoms with Gasteiger partial charge in [-0.15, -0.1) is 0 Å². The lowest BCUT2D eigenvalue weighted by Crippen LogP contribution is -2.12. The Morgan fingerprint density at radius 2 is 1.90 bits per heavy atom. The standard InChI is InChI=1S/C12H9BrF3N3O/c1-17-9-6-10(19-11(18-9)12(14,15)16)20-8-5-3-2-4-7(8)13/h2-6H,1H3,(H,17,18,19). The fraction of sp³-hybridized carbons (Fsp3) is 0.167. The van der Waals surface area contributed by atoms with Gasteiger partial charge >= 0.3 is 6.18 Å². The van der Waals surface area contributed by atoms with Crippen LogP contribution in [0.5, 0.6) is 11.6 Å². The molecule has 2 aromatic rings. The Hall–Kier alpha value is -1.83. The molecule has 106 valence electrons. The van der Waals surface area contributed by atoms with Crippen LogP contribution in [0, 0.1) is 0 Å². The van der Waals surface area contributed by atoms with E-state index in [1.54, 1.807) is 24.3 Å². The maximum Gasteiger partial charge on any atom is 0.451 e. The van der Waals surface area contributed by atoms with Gasteiger partial charge in [0.2, 0.25) is 11.7 Å². The molecule has 4 nitrogen and oxygen atoms in total. The molecule has 1 aromatic carbocycles. The van der Waals surface area contributed by atoms with Gasteiger partial charge in [-0.3, -0.25) is 0 Å². The molecule has 1 aromatic heterocycles. The van der Waals surface area contributed by atoms with Crippen LogP contribution in [0.2, 0.25) is 0 Å². The Morgan fingerprint density at radius 1 is 1.20 bits per heavy atom. The highest BCUT2D eigenvalue weighted by Crippen LogP contribution is 2.32. The molecule has 0 spiro atoms. The van der Waals surface area contributed by atoms with E-state index in [0.717, 1.165) is 0 Å². The SMILES string of the molecule is CNc1cc(Oc2ccccc2Br)nc(C(F)(F)F)n1. The van der Waals surface area contributed by atoms with E-state index in [1.807, 2.05) is 0 Å². The zero-order chi connectivity index (χ0) is 14.8. The van der Waals surface area contributed by atoms with E-state index in [2.05, 4.69) is 31.2 Å². The summed E-state index contributed by atoms with van der Waals surface area (Å²) in [7, 11) is 1.46. The maximum absolute atomic E-state index is 12.7. The number of benzene rings is 1. The summed E-state index contributed by atoms with van der Waals surface area (Å²) in [5, 5.41) is 2.54. The summed E-state index contributed by atoms with van der Waals surface area (Å²) < 4.78 is 44.0. The Balaban J connectivity index is 2.39. The second-order valence-corrected chi connectivity index (χ2v) is 4.55. The molecule has 0 aliphatic heterocycles. The fourth-order valence-electron chi connectivity index (χ4n) is 1.37. The fourth-order valence-corrected chi connectivity index (χ4v) is 1.74. The summed E-state index contributed by atoms with van der Waals surface area (Å²) in [4.78, 5) is 6.72. The summed E-state index contributed by atoms with van der Waals surface area (Å²) in [6.45, 7) is 0. The number of aromatic nitrogens is 2. The van der Waals surface area contributed by atoms with Gasteiger partial charge in [0, 0.05) is 13.1 Å². The molecule has 1 N–H and O–H groups in total. The van der Waals surface area contributed by atoms with E-state index < -0.39 is 12.0 Å². The molecule has 0 fully saturated rings. The lowest BCUT2D eigenvalue weighted by molar-refractivity contribution is -0.145. The van der Waals surface area contributed by atoms with E-state index in [9.17, 15) is 13.2 Å². The molecule has 0 saturated heterocycles. The highest BCUT2D eigenvalue weighted by Gasteiger charge is 2.35. The van der Waals surface area contributed by atoms with Gasteiger partial charge in [-0.2, -0.15) is 18.2 Å². The van der Waals surface area contributed by atoms with Crippen molar-refractivity contribution in [3.05, 3.63) is 40.6 Å². The van der Waals surface area contributed by atoms with Crippen molar-refractivity contribution >= 4 is 21.7 Å². The lowest BCUT2D eigenvalue weighted by Gasteiger charge is -2.11. The number of anilines is 1. The predicted octanol–water partition coefficient (Wildman–Crippen LogP) is 4.09. The third-order valence-electron chi connectivity index (χ3n) is 2.26. The number of para-hydroxylation sites is 1. The average molecular weight is 348 g/mol. The van der Waals surface area contributed by atoms with Gasteiger partial charge in [0.15, 0.2) is 0 Å². The number of rotatable bonds is 3. The first-order chi connectivity index (χ1) is 9.40. The first kappa shape index (κ1) is 14.6. The van der Waals surface area contributed by atoms with Gasteiger partial charge in [-0.25, -0.2) is 4.98 Å². The molecule has 0 aliphatic carbocycles. The van der Waals surface area contributed by atoms with E-state index in [1.165, 1.54) is 13.1 Å². The van der Waals surface area contributed by atoms with Crippen molar-refractivity contribution in [3.8, 4) is 11.6 Å². The zero-order valence-electron chi connectivity index (χ0n) is 10.2. The van der Waals surface area contributed by atoms with Crippen LogP contribution in [0.4, 0.5) is 19.0 Å². The Kier molecular flexibility index (Phi) is 4.12. The Bertz CT molecular complexity index is 619. The quantitative estimate of drug-likeness (QED) is 0.908. The van der Waals surface area contributed by atoms with E-state index in [0.29, 0.717) is 10.2 Å². The molecular weight excluding hydrogens is 339 g/mol. The van der Waals surface area contributed by atoms with Crippen LogP contribution in [0.25, 0.3) is 0 Å². The predicted molar refractivity (Wildman–Crippen MR) is 70.8 cm³/mol. The maximum atomic E-state index is 12.7. The van der Waals surface area contributed by atoms with Crippen molar-refractivity contribution < 1.29 is 17.9 Å². The summed E-state index contributed by atoms with van der Waals surface area (Å²) in [6.07, 6.45) is -4.64. The topological polar surface area (TPSA) is 47.0 Å². The van der Waals surface area contributed by atoms with Crippen molar-refractivity contribution in [2.75, 3.05) is 12.4 Å². The molecule has 0 radical (unpaired) electrons. The third kappa shape index (κ3) is 3.38. The number of ether oxygens (including phenoxy) is 1. The number of alkyl halides is 3. The normalized spacial score (nSPS) is 11.2. The van der Waals surface area contributed by atoms with Crippen molar-refractivity contribution in [3.63, 3.8) is 0 Å². The van der Waals surface area contributed by atoms with Crippen LogP contribution in [-0.4, -0.2) is 17.0 Å². The second kappa shape index (κ2) is 5.66. The van der Waals surface area contributed by atoms with Gasteiger partial charge in [-0.05, 0) is 28.1 Å². The molecule has 0 amide bonds. The first-order valence-corrected chi connectivity index (χ1v) is 6.26. The van der Waals surface area contributed by atoms with Crippen molar-refractivity contribution in [1.29, 1.82) is 0 Å². The number of hydrogen-bond acceptors (Lipinski definition) is 4. The van der Waals surface area contributed by atoms with E-state index >= 15 is 0 Å². The molecule has 0 saturated carbocycles. The van der Waals surface area contributed by atoms with Crippen LogP contribution in [0.1, 0.15) is 5.82 Å². The van der Waals surface area contributed by atoms with Gasteiger partial charge in [-0.1, -0.05) is 12.1 Å². The minimum absolute atomic E-state index is 0.0226. The largest absolute Gasteiger partial charge is 0.451 e. The number of hydrogen-bond donors (Lipinski definition) is 1. The molecular formula is C12H9BrF3N3O.